The zero-order chi connectivity index (χ0) is 9.90. The van der Waals surface area contributed by atoms with E-state index in [0.717, 1.165) is 5.56 Å². The van der Waals surface area contributed by atoms with Gasteiger partial charge in [-0.25, -0.2) is 0 Å². The van der Waals surface area contributed by atoms with Crippen molar-refractivity contribution < 1.29 is 4.74 Å². The van der Waals surface area contributed by atoms with Crippen LogP contribution < -0.4 is 5.73 Å². The summed E-state index contributed by atoms with van der Waals surface area (Å²) in [6, 6.07) is 7.39. The lowest BCUT2D eigenvalue weighted by atomic mass is 10.1. The van der Waals surface area contributed by atoms with E-state index in [0.29, 0.717) is 12.2 Å². The number of rotatable bonds is 3. The number of nitrogens with two attached hydrogens (primary N) is 1. The summed E-state index contributed by atoms with van der Waals surface area (Å²) < 4.78 is 3.64. The molecule has 0 unspecified atom stereocenters. The molecule has 2 N–H and O–H groups in total. The van der Waals surface area contributed by atoms with Crippen LogP contribution >= 0.6 is 23.2 Å². The van der Waals surface area contributed by atoms with Crippen molar-refractivity contribution >= 4 is 23.2 Å². The van der Waals surface area contributed by atoms with E-state index in [4.69, 9.17) is 33.7 Å². The lowest BCUT2D eigenvalue weighted by Crippen LogP contribution is -2.24. The molecular weight excluding hydrogens is 209 g/mol. The van der Waals surface area contributed by atoms with Crippen molar-refractivity contribution in [3.63, 3.8) is 0 Å². The molecule has 72 valence electrons. The van der Waals surface area contributed by atoms with Crippen molar-refractivity contribution in [2.75, 3.05) is 7.11 Å². The highest BCUT2D eigenvalue weighted by molar-refractivity contribution is 6.47. The number of methoxy groups -OCH3 is 1. The Kier molecular flexibility index (Phi) is 3.56. The molecule has 0 spiro atoms. The minimum absolute atomic E-state index is 0.453. The summed E-state index contributed by atoms with van der Waals surface area (Å²) in [7, 11) is 1.61. The van der Waals surface area contributed by atoms with Crippen LogP contribution in [0.3, 0.4) is 0 Å². The third kappa shape index (κ3) is 2.85. The van der Waals surface area contributed by atoms with Gasteiger partial charge in [0.05, 0.1) is 6.61 Å². The maximum Gasteiger partial charge on any atom is 0.192 e. The molecule has 0 radical (unpaired) electrons. The first-order valence-electron chi connectivity index (χ1n) is 3.79. The molecule has 0 aliphatic rings. The fraction of sp³-hybridized carbons (Fsp3) is 0.333. The second kappa shape index (κ2) is 4.29. The van der Waals surface area contributed by atoms with E-state index in [1.54, 1.807) is 13.2 Å². The number of alkyl halides is 2. The van der Waals surface area contributed by atoms with Crippen molar-refractivity contribution in [3.05, 3.63) is 35.4 Å². The third-order valence-electron chi connectivity index (χ3n) is 1.68. The summed E-state index contributed by atoms with van der Waals surface area (Å²) in [4.78, 5) is 0. The summed E-state index contributed by atoms with van der Waals surface area (Å²) in [5.74, 6) is 0. The number of hydrogen-bond donors (Lipinski definition) is 1. The zero-order valence-corrected chi connectivity index (χ0v) is 8.77. The molecule has 0 aliphatic heterocycles. The van der Waals surface area contributed by atoms with E-state index in [1.165, 1.54) is 0 Å². The van der Waals surface area contributed by atoms with Crippen molar-refractivity contribution in [2.45, 2.75) is 11.1 Å². The number of hydrogen-bond acceptors (Lipinski definition) is 2. The molecule has 0 atom stereocenters. The van der Waals surface area contributed by atoms with Gasteiger partial charge in [0.1, 0.15) is 0 Å². The molecule has 1 aromatic rings. The Morgan fingerprint density at radius 3 is 2.54 bits per heavy atom. The monoisotopic (exact) mass is 219 g/mol. The van der Waals surface area contributed by atoms with Gasteiger partial charge in [-0.1, -0.05) is 47.5 Å². The maximum absolute atomic E-state index is 5.79. The van der Waals surface area contributed by atoms with Crippen LogP contribution in [0.15, 0.2) is 24.3 Å². The summed E-state index contributed by atoms with van der Waals surface area (Å²) >= 11 is 11.6. The van der Waals surface area contributed by atoms with Gasteiger partial charge >= 0.3 is 0 Å². The summed E-state index contributed by atoms with van der Waals surface area (Å²) in [6.45, 7) is 0.453. The molecule has 0 saturated heterocycles. The first-order valence-corrected chi connectivity index (χ1v) is 4.55. The van der Waals surface area contributed by atoms with Crippen LogP contribution in [0.5, 0.6) is 0 Å². The standard InChI is InChI=1S/C9H11Cl2NO/c1-13-6-7-4-2-3-5-8(7)9(10,11)12/h2-5H,6,12H2,1H3. The quantitative estimate of drug-likeness (QED) is 0.626. The molecule has 0 aromatic heterocycles. The second-order valence-electron chi connectivity index (χ2n) is 2.71. The first kappa shape index (κ1) is 10.8. The highest BCUT2D eigenvalue weighted by atomic mass is 35.5. The molecule has 0 heterocycles. The summed E-state index contributed by atoms with van der Waals surface area (Å²) in [6.07, 6.45) is 0. The number of halogens is 2. The van der Waals surface area contributed by atoms with Crippen LogP contribution in [0.4, 0.5) is 0 Å². The van der Waals surface area contributed by atoms with Crippen LogP contribution in [0.2, 0.25) is 0 Å². The van der Waals surface area contributed by atoms with Gasteiger partial charge in [-0.3, -0.25) is 5.73 Å². The first-order chi connectivity index (χ1) is 6.05. The Bertz CT molecular complexity index is 283. The summed E-state index contributed by atoms with van der Waals surface area (Å²) in [5, 5.41) is 0. The predicted molar refractivity (Wildman–Crippen MR) is 54.7 cm³/mol. The van der Waals surface area contributed by atoms with Crippen molar-refractivity contribution in [1.29, 1.82) is 0 Å². The Morgan fingerprint density at radius 1 is 1.38 bits per heavy atom. The van der Waals surface area contributed by atoms with Gasteiger partial charge in [-0.2, -0.15) is 0 Å². The number of benzene rings is 1. The van der Waals surface area contributed by atoms with Gasteiger partial charge in [-0.05, 0) is 5.56 Å². The van der Waals surface area contributed by atoms with Gasteiger partial charge in [0.2, 0.25) is 0 Å². The molecule has 4 heteroatoms. The Labute approximate surface area is 87.6 Å². The second-order valence-corrected chi connectivity index (χ2v) is 4.10. The van der Waals surface area contributed by atoms with Crippen LogP contribution in [0, 0.1) is 0 Å². The van der Waals surface area contributed by atoms with E-state index in [1.807, 2.05) is 18.2 Å². The molecule has 1 aromatic carbocycles. The van der Waals surface area contributed by atoms with Crippen LogP contribution in [0.1, 0.15) is 11.1 Å². The van der Waals surface area contributed by atoms with Crippen molar-refractivity contribution in [3.8, 4) is 0 Å². The molecule has 0 amide bonds. The van der Waals surface area contributed by atoms with E-state index in [2.05, 4.69) is 0 Å². The smallest absolute Gasteiger partial charge is 0.192 e. The molecular formula is C9H11Cl2NO. The van der Waals surface area contributed by atoms with Gasteiger partial charge in [-0.15, -0.1) is 0 Å². The Hall–Kier alpha value is -0.280. The van der Waals surface area contributed by atoms with Crippen molar-refractivity contribution in [2.24, 2.45) is 5.73 Å². The van der Waals surface area contributed by atoms with Crippen LogP contribution in [0.25, 0.3) is 0 Å². The summed E-state index contributed by atoms with van der Waals surface area (Å²) in [5.41, 5.74) is 7.14. The topological polar surface area (TPSA) is 35.2 Å². The lowest BCUT2D eigenvalue weighted by Gasteiger charge is -2.17. The molecule has 0 bridgehead atoms. The minimum Gasteiger partial charge on any atom is -0.380 e. The highest BCUT2D eigenvalue weighted by Crippen LogP contribution is 2.30. The fourth-order valence-electron chi connectivity index (χ4n) is 1.13. The molecule has 0 aliphatic carbocycles. The number of ether oxygens (including phenoxy) is 1. The normalized spacial score (nSPS) is 11.7. The molecule has 0 fully saturated rings. The van der Waals surface area contributed by atoms with Crippen molar-refractivity contribution in [1.82, 2.24) is 0 Å². The minimum atomic E-state index is -1.35. The van der Waals surface area contributed by atoms with E-state index < -0.39 is 4.46 Å². The van der Waals surface area contributed by atoms with Crippen LogP contribution in [-0.2, 0) is 15.8 Å². The molecule has 0 saturated carbocycles. The predicted octanol–water partition coefficient (Wildman–Crippen LogP) is 2.38. The lowest BCUT2D eigenvalue weighted by molar-refractivity contribution is 0.184. The fourth-order valence-corrected chi connectivity index (χ4v) is 1.50. The zero-order valence-electron chi connectivity index (χ0n) is 7.26. The van der Waals surface area contributed by atoms with Gasteiger partial charge in [0, 0.05) is 12.7 Å². The van der Waals surface area contributed by atoms with Crippen LogP contribution in [-0.4, -0.2) is 7.11 Å². The molecule has 1 rings (SSSR count). The average molecular weight is 220 g/mol. The molecule has 13 heavy (non-hydrogen) atoms. The third-order valence-corrected chi connectivity index (χ3v) is 2.08. The van der Waals surface area contributed by atoms with E-state index in [9.17, 15) is 0 Å². The van der Waals surface area contributed by atoms with Gasteiger partial charge < -0.3 is 4.74 Å². The van der Waals surface area contributed by atoms with E-state index in [-0.39, 0.29) is 0 Å². The van der Waals surface area contributed by atoms with E-state index >= 15 is 0 Å². The SMILES string of the molecule is COCc1ccccc1C(N)(Cl)Cl. The van der Waals surface area contributed by atoms with Gasteiger partial charge in [0.15, 0.2) is 4.46 Å². The van der Waals surface area contributed by atoms with Gasteiger partial charge in [0.25, 0.3) is 0 Å². The average Bonchev–Trinajstić information content (AvgIpc) is 2.04. The largest absolute Gasteiger partial charge is 0.380 e. The maximum atomic E-state index is 5.79. The Morgan fingerprint density at radius 2 is 2.00 bits per heavy atom. The highest BCUT2D eigenvalue weighted by Gasteiger charge is 2.22. The Balaban J connectivity index is 3.05. The molecule has 2 nitrogen and oxygen atoms in total.